The van der Waals surface area contributed by atoms with Gasteiger partial charge in [-0.3, -0.25) is 4.57 Å². The van der Waals surface area contributed by atoms with E-state index in [2.05, 4.69) is 5.32 Å². The molecule has 0 fully saturated rings. The van der Waals surface area contributed by atoms with Crippen molar-refractivity contribution in [2.75, 3.05) is 13.2 Å². The van der Waals surface area contributed by atoms with Crippen LogP contribution in [0.15, 0.2) is 24.3 Å². The van der Waals surface area contributed by atoms with E-state index >= 15 is 0 Å². The summed E-state index contributed by atoms with van der Waals surface area (Å²) in [5.74, 6) is -0.996. The van der Waals surface area contributed by atoms with Crippen LogP contribution in [0.4, 0.5) is 4.79 Å². The second kappa shape index (κ2) is 8.86. The average molecular weight is 378 g/mol. The zero-order valence-electron chi connectivity index (χ0n) is 14.7. The molecule has 0 saturated carbocycles. The quantitative estimate of drug-likeness (QED) is 0.667. The Morgan fingerprint density at radius 1 is 1.17 bits per heavy atom. The molecule has 1 amide bonds. The third-order valence-electron chi connectivity index (χ3n) is 2.77. The molecule has 0 radical (unpaired) electrons. The first-order chi connectivity index (χ1) is 11.1. The first kappa shape index (κ1) is 21.0. The fourth-order valence-electron chi connectivity index (χ4n) is 1.96. The molecular formula is C16H25ClNO5P. The molecule has 0 aliphatic carbocycles. The lowest BCUT2D eigenvalue weighted by atomic mass is 10.2. The van der Waals surface area contributed by atoms with Gasteiger partial charge in [0, 0.05) is 5.02 Å². The van der Waals surface area contributed by atoms with Gasteiger partial charge in [-0.1, -0.05) is 23.7 Å². The standard InChI is InChI=1S/C16H25ClNO5P/c1-6-21-24(20,22-7-2)14(12-8-10-13(17)11-9-12)18-15(19)23-16(3,4)5/h8-11,14H,6-7H2,1-5H3,(H,18,19)/t14-/m0/s1. The summed E-state index contributed by atoms with van der Waals surface area (Å²) >= 11 is 5.90. The summed E-state index contributed by atoms with van der Waals surface area (Å²) in [6.45, 7) is 9.00. The van der Waals surface area contributed by atoms with Crippen molar-refractivity contribution >= 4 is 25.3 Å². The van der Waals surface area contributed by atoms with E-state index in [4.69, 9.17) is 25.4 Å². The number of rotatable bonds is 7. The van der Waals surface area contributed by atoms with Crippen LogP contribution >= 0.6 is 19.2 Å². The minimum absolute atomic E-state index is 0.178. The van der Waals surface area contributed by atoms with E-state index in [1.54, 1.807) is 58.9 Å². The van der Waals surface area contributed by atoms with Crippen LogP contribution in [-0.2, 0) is 18.3 Å². The van der Waals surface area contributed by atoms with Gasteiger partial charge < -0.3 is 19.1 Å². The predicted octanol–water partition coefficient (Wildman–Crippen LogP) is 5.13. The van der Waals surface area contributed by atoms with Crippen molar-refractivity contribution in [1.29, 1.82) is 0 Å². The van der Waals surface area contributed by atoms with Crippen molar-refractivity contribution in [3.8, 4) is 0 Å². The van der Waals surface area contributed by atoms with Gasteiger partial charge in [-0.15, -0.1) is 0 Å². The second-order valence-corrected chi connectivity index (χ2v) is 8.52. The van der Waals surface area contributed by atoms with E-state index in [1.807, 2.05) is 0 Å². The molecule has 1 atom stereocenters. The van der Waals surface area contributed by atoms with Crippen LogP contribution in [0.5, 0.6) is 0 Å². The molecule has 0 heterocycles. The number of alkyl carbamates (subject to hydrolysis) is 1. The van der Waals surface area contributed by atoms with Crippen molar-refractivity contribution in [2.24, 2.45) is 0 Å². The van der Waals surface area contributed by atoms with Crippen molar-refractivity contribution in [3.63, 3.8) is 0 Å². The maximum absolute atomic E-state index is 13.2. The summed E-state index contributed by atoms with van der Waals surface area (Å²) in [4.78, 5) is 12.2. The fourth-order valence-corrected chi connectivity index (χ4v) is 3.97. The van der Waals surface area contributed by atoms with Gasteiger partial charge in [0.25, 0.3) is 0 Å². The molecule has 1 aromatic carbocycles. The lowest BCUT2D eigenvalue weighted by Crippen LogP contribution is -2.35. The SMILES string of the molecule is CCOP(=O)(OCC)[C@H](NC(=O)OC(C)(C)C)c1ccc(Cl)cc1. The van der Waals surface area contributed by atoms with Crippen LogP contribution in [0.3, 0.4) is 0 Å². The molecule has 0 aliphatic rings. The monoisotopic (exact) mass is 377 g/mol. The molecule has 24 heavy (non-hydrogen) atoms. The number of amides is 1. The molecule has 0 saturated heterocycles. The van der Waals surface area contributed by atoms with E-state index in [0.717, 1.165) is 0 Å². The summed E-state index contributed by atoms with van der Waals surface area (Å²) in [6.07, 6.45) is -0.706. The summed E-state index contributed by atoms with van der Waals surface area (Å²) in [5, 5.41) is 3.13. The summed E-state index contributed by atoms with van der Waals surface area (Å²) in [5.41, 5.74) is -0.133. The zero-order chi connectivity index (χ0) is 18.4. The maximum Gasteiger partial charge on any atom is 0.408 e. The Bertz CT molecular complexity index is 575. The highest BCUT2D eigenvalue weighted by molar-refractivity contribution is 7.54. The van der Waals surface area contributed by atoms with Crippen molar-refractivity contribution in [3.05, 3.63) is 34.9 Å². The molecule has 0 bridgehead atoms. The minimum Gasteiger partial charge on any atom is -0.444 e. The normalized spacial score (nSPS) is 13.4. The lowest BCUT2D eigenvalue weighted by Gasteiger charge is -2.28. The average Bonchev–Trinajstić information content (AvgIpc) is 2.44. The number of hydrogen-bond acceptors (Lipinski definition) is 5. The molecule has 0 unspecified atom stereocenters. The summed E-state index contributed by atoms with van der Waals surface area (Å²) in [7, 11) is -3.64. The number of hydrogen-bond donors (Lipinski definition) is 1. The van der Waals surface area contributed by atoms with Gasteiger partial charge in [0.2, 0.25) is 0 Å². The Balaban J connectivity index is 3.17. The van der Waals surface area contributed by atoms with Crippen LogP contribution < -0.4 is 5.32 Å². The Labute approximate surface area is 148 Å². The highest BCUT2D eigenvalue weighted by Gasteiger charge is 2.39. The van der Waals surface area contributed by atoms with Crippen molar-refractivity contribution in [1.82, 2.24) is 5.32 Å². The Morgan fingerprint density at radius 3 is 2.08 bits per heavy atom. The van der Waals surface area contributed by atoms with Crippen LogP contribution in [0.25, 0.3) is 0 Å². The molecule has 0 aliphatic heterocycles. The predicted molar refractivity (Wildman–Crippen MR) is 94.4 cm³/mol. The van der Waals surface area contributed by atoms with Crippen molar-refractivity contribution in [2.45, 2.75) is 46.0 Å². The molecule has 1 rings (SSSR count). The second-order valence-electron chi connectivity index (χ2n) is 5.98. The van der Waals surface area contributed by atoms with Gasteiger partial charge in [0.1, 0.15) is 5.60 Å². The van der Waals surface area contributed by atoms with Gasteiger partial charge in [0.15, 0.2) is 5.78 Å². The number of benzene rings is 1. The molecule has 0 spiro atoms. The zero-order valence-corrected chi connectivity index (χ0v) is 16.3. The highest BCUT2D eigenvalue weighted by Crippen LogP contribution is 2.59. The first-order valence-electron chi connectivity index (χ1n) is 7.75. The highest BCUT2D eigenvalue weighted by atomic mass is 35.5. The number of ether oxygens (including phenoxy) is 1. The van der Waals surface area contributed by atoms with Crippen LogP contribution in [0.1, 0.15) is 46.0 Å². The van der Waals surface area contributed by atoms with E-state index < -0.39 is 25.1 Å². The lowest BCUT2D eigenvalue weighted by molar-refractivity contribution is 0.0508. The molecular weight excluding hydrogens is 353 g/mol. The maximum atomic E-state index is 13.2. The van der Waals surface area contributed by atoms with Gasteiger partial charge >= 0.3 is 13.7 Å². The Kier molecular flexibility index (Phi) is 7.74. The number of carbonyl (C=O) groups is 1. The number of halogens is 1. The van der Waals surface area contributed by atoms with Gasteiger partial charge in [0.05, 0.1) is 13.2 Å². The van der Waals surface area contributed by atoms with E-state index in [-0.39, 0.29) is 13.2 Å². The van der Waals surface area contributed by atoms with Gasteiger partial charge in [-0.2, -0.15) is 0 Å². The van der Waals surface area contributed by atoms with Crippen LogP contribution in [0.2, 0.25) is 5.02 Å². The van der Waals surface area contributed by atoms with Crippen LogP contribution in [-0.4, -0.2) is 24.9 Å². The van der Waals surface area contributed by atoms with Crippen LogP contribution in [0, 0.1) is 0 Å². The molecule has 136 valence electrons. The molecule has 6 nitrogen and oxygen atoms in total. The smallest absolute Gasteiger partial charge is 0.408 e. The van der Waals surface area contributed by atoms with Gasteiger partial charge in [-0.25, -0.2) is 4.79 Å². The molecule has 8 heteroatoms. The molecule has 1 aromatic rings. The van der Waals surface area contributed by atoms with Crippen molar-refractivity contribution < 1.29 is 23.1 Å². The summed E-state index contributed by atoms with van der Waals surface area (Å²) < 4.78 is 29.2. The van der Waals surface area contributed by atoms with E-state index in [0.29, 0.717) is 10.6 Å². The summed E-state index contributed by atoms with van der Waals surface area (Å²) in [6, 6.07) is 6.61. The van der Waals surface area contributed by atoms with Gasteiger partial charge in [-0.05, 0) is 52.3 Å². The topological polar surface area (TPSA) is 73.9 Å². The third-order valence-corrected chi connectivity index (χ3v) is 5.32. The van der Waals surface area contributed by atoms with E-state index in [1.165, 1.54) is 0 Å². The largest absolute Gasteiger partial charge is 0.444 e. The van der Waals surface area contributed by atoms with E-state index in [9.17, 15) is 9.36 Å². The minimum atomic E-state index is -3.64. The third kappa shape index (κ3) is 6.44. The number of nitrogens with one attached hydrogen (secondary N) is 1. The molecule has 1 N–H and O–H groups in total. The first-order valence-corrected chi connectivity index (χ1v) is 9.74. The molecule has 0 aromatic heterocycles. The Morgan fingerprint density at radius 2 is 1.67 bits per heavy atom. The number of carbonyl (C=O) groups excluding carboxylic acids is 1. The Hall–Kier alpha value is -1.07. The fraction of sp³-hybridized carbons (Fsp3) is 0.562.